The molecule has 0 saturated heterocycles. The number of rotatable bonds is 6. The number of Topliss-reactive ketones (excluding diaryl/α,β-unsaturated/α-hetero) is 2. The number of nitrogens with zero attached hydrogens (tertiary/aromatic N) is 2. The molecule has 0 spiro atoms. The Morgan fingerprint density at radius 2 is 1.74 bits per heavy atom. The van der Waals surface area contributed by atoms with E-state index < -0.39 is 58.0 Å². The van der Waals surface area contributed by atoms with Gasteiger partial charge in [-0.3, -0.25) is 19.3 Å². The van der Waals surface area contributed by atoms with Gasteiger partial charge in [-0.2, -0.15) is 0 Å². The van der Waals surface area contributed by atoms with Crippen molar-refractivity contribution < 1.29 is 34.8 Å². The van der Waals surface area contributed by atoms with Crippen molar-refractivity contribution >= 4 is 34.6 Å². The predicted molar refractivity (Wildman–Crippen MR) is 162 cm³/mol. The van der Waals surface area contributed by atoms with Crippen LogP contribution in [0, 0.1) is 25.7 Å². The Balaban J connectivity index is 1.65. The van der Waals surface area contributed by atoms with Gasteiger partial charge >= 0.3 is 0 Å². The number of fused-ring (bicyclic) bond motifs is 3. The van der Waals surface area contributed by atoms with Gasteiger partial charge in [-0.15, -0.1) is 0 Å². The van der Waals surface area contributed by atoms with Crippen molar-refractivity contribution in [3.63, 3.8) is 0 Å². The summed E-state index contributed by atoms with van der Waals surface area (Å²) in [6, 6.07) is 6.70. The van der Waals surface area contributed by atoms with Crippen LogP contribution in [-0.2, 0) is 27.3 Å². The number of anilines is 2. The number of primary amides is 1. The molecular formula is C32H38N4O7. The fourth-order valence-electron chi connectivity index (χ4n) is 6.94. The topological polar surface area (TPSA) is 177 Å². The number of hydrogen-bond acceptors (Lipinski definition) is 10. The van der Waals surface area contributed by atoms with Crippen LogP contribution < -0.4 is 16.0 Å². The zero-order chi connectivity index (χ0) is 31.7. The number of ketones is 2. The van der Waals surface area contributed by atoms with Crippen LogP contribution in [0.1, 0.15) is 34.2 Å². The van der Waals surface area contributed by atoms with E-state index in [1.165, 1.54) is 4.90 Å². The van der Waals surface area contributed by atoms with Gasteiger partial charge in [-0.25, -0.2) is 0 Å². The summed E-state index contributed by atoms with van der Waals surface area (Å²) in [5.74, 6) is -6.74. The summed E-state index contributed by atoms with van der Waals surface area (Å²) in [6.07, 6.45) is 0.249. The lowest BCUT2D eigenvalue weighted by Gasteiger charge is -2.50. The smallest absolute Gasteiger partial charge is 0.255 e. The third kappa shape index (κ3) is 4.45. The molecule has 1 amide bonds. The first-order chi connectivity index (χ1) is 20.1. The Morgan fingerprint density at radius 3 is 2.33 bits per heavy atom. The van der Waals surface area contributed by atoms with E-state index in [1.54, 1.807) is 20.2 Å². The average molecular weight is 591 g/mol. The number of benzene rings is 2. The van der Waals surface area contributed by atoms with Gasteiger partial charge in [0.05, 0.1) is 17.3 Å². The molecule has 7 N–H and O–H groups in total. The Hall–Kier alpha value is -4.35. The molecule has 2 aromatic rings. The van der Waals surface area contributed by atoms with E-state index in [1.807, 2.05) is 51.0 Å². The number of carbonyl (C=O) groups is 3. The van der Waals surface area contributed by atoms with Crippen LogP contribution in [0.5, 0.6) is 5.75 Å². The minimum atomic E-state index is -2.68. The number of hydrogen-bond donors (Lipinski definition) is 6. The molecule has 0 radical (unpaired) electrons. The summed E-state index contributed by atoms with van der Waals surface area (Å²) in [5.41, 5.74) is 6.66. The Labute approximate surface area is 249 Å². The van der Waals surface area contributed by atoms with Crippen molar-refractivity contribution in [1.82, 2.24) is 4.90 Å². The molecule has 1 fully saturated rings. The lowest BCUT2D eigenvalue weighted by Crippen LogP contribution is -2.65. The van der Waals surface area contributed by atoms with Gasteiger partial charge < -0.3 is 36.4 Å². The maximum atomic E-state index is 14.1. The lowest BCUT2D eigenvalue weighted by molar-refractivity contribution is -0.153. The molecule has 11 heteroatoms. The van der Waals surface area contributed by atoms with E-state index in [-0.39, 0.29) is 29.7 Å². The normalized spacial score (nSPS) is 25.0. The molecule has 11 nitrogen and oxygen atoms in total. The molecule has 5 rings (SSSR count). The first-order valence-electron chi connectivity index (χ1n) is 14.1. The van der Waals surface area contributed by atoms with Crippen LogP contribution in [0.25, 0.3) is 5.76 Å². The molecule has 3 aliphatic carbocycles. The fourth-order valence-corrected chi connectivity index (χ4v) is 6.94. The van der Waals surface area contributed by atoms with Crippen molar-refractivity contribution in [2.24, 2.45) is 17.6 Å². The monoisotopic (exact) mass is 590 g/mol. The number of nitrogens with one attached hydrogen (secondary N) is 1. The Bertz CT molecular complexity index is 1640. The van der Waals surface area contributed by atoms with Gasteiger partial charge in [0, 0.05) is 37.8 Å². The van der Waals surface area contributed by atoms with Gasteiger partial charge in [0.1, 0.15) is 22.8 Å². The summed E-state index contributed by atoms with van der Waals surface area (Å²) in [7, 11) is 6.80. The number of amides is 1. The molecular weight excluding hydrogens is 552 g/mol. The van der Waals surface area contributed by atoms with E-state index in [4.69, 9.17) is 5.73 Å². The second kappa shape index (κ2) is 10.4. The van der Waals surface area contributed by atoms with Crippen molar-refractivity contribution in [3.8, 4) is 5.75 Å². The fraction of sp³-hybridized carbons (Fsp3) is 0.406. The van der Waals surface area contributed by atoms with E-state index in [2.05, 4.69) is 5.32 Å². The molecule has 43 heavy (non-hydrogen) atoms. The molecule has 0 aromatic heterocycles. The molecule has 4 atom stereocenters. The van der Waals surface area contributed by atoms with Gasteiger partial charge in [-0.1, -0.05) is 18.2 Å². The SMILES string of the molecule is Cc1ccc(CNc2cc(N(C)C)c3c(c2O)C(O)=C2C(=O)[C@@]4(O)C(O)=C(C(N)=O)C(=O)[C@H](N(C)C)[C@H]4C[C@H]2C3)cc1C. The van der Waals surface area contributed by atoms with Crippen LogP contribution >= 0.6 is 0 Å². The minimum absolute atomic E-state index is 0.0339. The van der Waals surface area contributed by atoms with Crippen LogP contribution in [0.15, 0.2) is 41.2 Å². The van der Waals surface area contributed by atoms with Gasteiger partial charge in [0.25, 0.3) is 5.91 Å². The maximum absolute atomic E-state index is 14.1. The van der Waals surface area contributed by atoms with Crippen LogP contribution in [0.4, 0.5) is 11.4 Å². The van der Waals surface area contributed by atoms with Crippen LogP contribution in [-0.4, -0.2) is 82.6 Å². The van der Waals surface area contributed by atoms with Gasteiger partial charge in [0.2, 0.25) is 5.78 Å². The third-order valence-electron chi connectivity index (χ3n) is 9.23. The van der Waals surface area contributed by atoms with E-state index in [0.717, 1.165) is 16.7 Å². The summed E-state index contributed by atoms with van der Waals surface area (Å²) >= 11 is 0. The first kappa shape index (κ1) is 30.1. The predicted octanol–water partition coefficient (Wildman–Crippen LogP) is 2.26. The summed E-state index contributed by atoms with van der Waals surface area (Å²) in [6.45, 7) is 4.42. The molecule has 2 aromatic carbocycles. The Kier molecular flexibility index (Phi) is 7.30. The van der Waals surface area contributed by atoms with Crippen molar-refractivity contribution in [2.45, 2.75) is 44.9 Å². The van der Waals surface area contributed by atoms with Crippen LogP contribution in [0.3, 0.4) is 0 Å². The number of likely N-dealkylation sites (N-methyl/N-ethyl adjacent to an activating group) is 1. The number of aliphatic hydroxyl groups is 3. The third-order valence-corrected chi connectivity index (χ3v) is 9.23. The highest BCUT2D eigenvalue weighted by Gasteiger charge is 2.64. The number of carbonyl (C=O) groups excluding carboxylic acids is 3. The Morgan fingerprint density at radius 1 is 1.07 bits per heavy atom. The number of aliphatic hydroxyl groups excluding tert-OH is 2. The van der Waals surface area contributed by atoms with E-state index in [0.29, 0.717) is 23.5 Å². The standard InChI is InChI=1S/C32H38N4O7/c1-14-7-8-16(9-15(14)2)13-34-20-12-21(35(3)4)18-10-17-11-19-25(36(5)6)28(39)24(31(33)42)30(41)32(19,43)29(40)22(17)27(38)23(18)26(20)37/h7-9,12,17,19,25,34,37-38,41,43H,10-11,13H2,1-6H3,(H2,33,42)/t17-,19-,25-,32-/m1/s1. The van der Waals surface area contributed by atoms with Crippen molar-refractivity contribution in [3.05, 3.63) is 69.0 Å². The molecule has 0 unspecified atom stereocenters. The van der Waals surface area contributed by atoms with Crippen molar-refractivity contribution in [2.75, 3.05) is 38.4 Å². The van der Waals surface area contributed by atoms with Crippen molar-refractivity contribution in [1.29, 1.82) is 0 Å². The number of phenols is 1. The number of phenolic OH excluding ortho intramolecular Hbond substituents is 1. The highest BCUT2D eigenvalue weighted by atomic mass is 16.3. The molecule has 0 bridgehead atoms. The molecule has 3 aliphatic rings. The summed E-state index contributed by atoms with van der Waals surface area (Å²) in [5, 5.41) is 49.2. The highest BCUT2D eigenvalue weighted by molar-refractivity contribution is 6.24. The molecule has 228 valence electrons. The first-order valence-corrected chi connectivity index (χ1v) is 14.1. The average Bonchev–Trinajstić information content (AvgIpc) is 2.91. The number of aryl methyl sites for hydroxylation is 2. The van der Waals surface area contributed by atoms with E-state index in [9.17, 15) is 34.8 Å². The molecule has 0 heterocycles. The van der Waals surface area contributed by atoms with Crippen LogP contribution in [0.2, 0.25) is 0 Å². The second-order valence-electron chi connectivity index (χ2n) is 12.3. The molecule has 0 aliphatic heterocycles. The number of nitrogens with two attached hydrogens (primary N) is 1. The highest BCUT2D eigenvalue weighted by Crippen LogP contribution is 2.54. The second-order valence-corrected chi connectivity index (χ2v) is 12.3. The van der Waals surface area contributed by atoms with Gasteiger partial charge in [-0.05, 0) is 75.0 Å². The summed E-state index contributed by atoms with van der Waals surface area (Å²) in [4.78, 5) is 42.9. The minimum Gasteiger partial charge on any atom is -0.508 e. The quantitative estimate of drug-likeness (QED) is 0.216. The number of aromatic hydroxyl groups is 1. The van der Waals surface area contributed by atoms with Gasteiger partial charge in [0.15, 0.2) is 11.4 Å². The molecule has 1 saturated carbocycles. The van der Waals surface area contributed by atoms with E-state index >= 15 is 0 Å². The maximum Gasteiger partial charge on any atom is 0.255 e. The zero-order valence-electron chi connectivity index (χ0n) is 25.1. The lowest BCUT2D eigenvalue weighted by atomic mass is 9.57. The largest absolute Gasteiger partial charge is 0.508 e. The summed E-state index contributed by atoms with van der Waals surface area (Å²) < 4.78 is 0. The zero-order valence-corrected chi connectivity index (χ0v) is 25.1.